The van der Waals surface area contributed by atoms with Crippen molar-refractivity contribution in [1.29, 1.82) is 0 Å². The van der Waals surface area contributed by atoms with Crippen LogP contribution in [-0.4, -0.2) is 15.0 Å². The zero-order valence-corrected chi connectivity index (χ0v) is 8.30. The van der Waals surface area contributed by atoms with Crippen molar-refractivity contribution < 1.29 is 4.39 Å². The van der Waals surface area contributed by atoms with Gasteiger partial charge in [0.25, 0.3) is 0 Å². The number of aryl methyl sites for hydroxylation is 3. The molecule has 0 saturated carbocycles. The van der Waals surface area contributed by atoms with Crippen molar-refractivity contribution in [3.05, 3.63) is 29.2 Å². The van der Waals surface area contributed by atoms with Crippen LogP contribution >= 0.6 is 0 Å². The minimum absolute atomic E-state index is 0.351. The molecule has 0 spiro atoms. The summed E-state index contributed by atoms with van der Waals surface area (Å²) < 4.78 is 13.6. The van der Waals surface area contributed by atoms with Crippen LogP contribution in [0.1, 0.15) is 17.2 Å². The minimum atomic E-state index is -0.351. The molecule has 0 atom stereocenters. The first kappa shape index (κ1) is 8.99. The van der Waals surface area contributed by atoms with E-state index in [1.165, 1.54) is 0 Å². The Bertz CT molecular complexity index is 508. The quantitative estimate of drug-likeness (QED) is 0.640. The highest BCUT2D eigenvalue weighted by molar-refractivity contribution is 5.80. The van der Waals surface area contributed by atoms with Gasteiger partial charge in [0.05, 0.1) is 11.4 Å². The first-order valence-corrected chi connectivity index (χ1v) is 4.35. The molecule has 0 fully saturated rings. The fourth-order valence-electron chi connectivity index (χ4n) is 1.43. The van der Waals surface area contributed by atoms with E-state index < -0.39 is 0 Å². The highest BCUT2D eigenvalue weighted by atomic mass is 19.1. The molecule has 0 unspecified atom stereocenters. The van der Waals surface area contributed by atoms with Gasteiger partial charge in [-0.25, -0.2) is 14.4 Å². The number of pyridine rings is 1. The summed E-state index contributed by atoms with van der Waals surface area (Å²) in [5, 5.41) is 0.679. The number of halogens is 1. The van der Waals surface area contributed by atoms with Gasteiger partial charge >= 0.3 is 0 Å². The standard InChI is InChI=1S/C10H10FN3/c1-5-8-4-12-6(2)9(11)10(8)14-7(3)13-5/h4H,1-3H3. The first-order chi connectivity index (χ1) is 6.59. The van der Waals surface area contributed by atoms with Crippen molar-refractivity contribution in [1.82, 2.24) is 15.0 Å². The molecule has 3 nitrogen and oxygen atoms in total. The maximum atomic E-state index is 13.6. The maximum absolute atomic E-state index is 13.6. The zero-order valence-electron chi connectivity index (χ0n) is 8.30. The second kappa shape index (κ2) is 2.97. The van der Waals surface area contributed by atoms with E-state index in [1.54, 1.807) is 20.0 Å². The lowest BCUT2D eigenvalue weighted by Gasteiger charge is -2.04. The van der Waals surface area contributed by atoms with Crippen molar-refractivity contribution in [2.75, 3.05) is 0 Å². The third-order valence-corrected chi connectivity index (χ3v) is 2.16. The Morgan fingerprint density at radius 2 is 1.79 bits per heavy atom. The van der Waals surface area contributed by atoms with Crippen molar-refractivity contribution in [3.63, 3.8) is 0 Å². The summed E-state index contributed by atoms with van der Waals surface area (Å²) in [5.74, 6) is 0.232. The lowest BCUT2D eigenvalue weighted by atomic mass is 10.2. The van der Waals surface area contributed by atoms with Gasteiger partial charge in [0.2, 0.25) is 0 Å². The summed E-state index contributed by atoms with van der Waals surface area (Å²) in [7, 11) is 0. The van der Waals surface area contributed by atoms with Crippen LogP contribution in [0.3, 0.4) is 0 Å². The second-order valence-corrected chi connectivity index (χ2v) is 3.28. The number of fused-ring (bicyclic) bond motifs is 1. The van der Waals surface area contributed by atoms with E-state index in [9.17, 15) is 4.39 Å². The number of hydrogen-bond acceptors (Lipinski definition) is 3. The van der Waals surface area contributed by atoms with Crippen LogP contribution in [0.4, 0.5) is 4.39 Å². The molecule has 0 amide bonds. The van der Waals surface area contributed by atoms with E-state index in [0.29, 0.717) is 22.4 Å². The zero-order chi connectivity index (χ0) is 10.3. The van der Waals surface area contributed by atoms with Crippen LogP contribution in [0, 0.1) is 26.6 Å². The lowest BCUT2D eigenvalue weighted by Crippen LogP contribution is -1.98. The van der Waals surface area contributed by atoms with Gasteiger partial charge in [0.1, 0.15) is 11.3 Å². The first-order valence-electron chi connectivity index (χ1n) is 4.35. The van der Waals surface area contributed by atoms with Gasteiger partial charge in [-0.3, -0.25) is 4.98 Å². The second-order valence-electron chi connectivity index (χ2n) is 3.28. The van der Waals surface area contributed by atoms with Crippen LogP contribution in [0.2, 0.25) is 0 Å². The van der Waals surface area contributed by atoms with Gasteiger partial charge in [-0.05, 0) is 20.8 Å². The van der Waals surface area contributed by atoms with Crippen LogP contribution in [0.5, 0.6) is 0 Å². The monoisotopic (exact) mass is 191 g/mol. The lowest BCUT2D eigenvalue weighted by molar-refractivity contribution is 0.618. The largest absolute Gasteiger partial charge is 0.258 e. The van der Waals surface area contributed by atoms with E-state index >= 15 is 0 Å². The number of rotatable bonds is 0. The van der Waals surface area contributed by atoms with E-state index in [4.69, 9.17) is 0 Å². The molecule has 0 radical (unpaired) electrons. The predicted molar refractivity (Wildman–Crippen MR) is 51.5 cm³/mol. The van der Waals surface area contributed by atoms with Gasteiger partial charge in [-0.2, -0.15) is 0 Å². The van der Waals surface area contributed by atoms with E-state index in [-0.39, 0.29) is 5.82 Å². The van der Waals surface area contributed by atoms with E-state index in [2.05, 4.69) is 15.0 Å². The molecular formula is C10H10FN3. The number of hydrogen-bond donors (Lipinski definition) is 0. The van der Waals surface area contributed by atoms with Crippen molar-refractivity contribution >= 4 is 10.9 Å². The Morgan fingerprint density at radius 3 is 2.50 bits per heavy atom. The third kappa shape index (κ3) is 1.23. The molecule has 2 heterocycles. The smallest absolute Gasteiger partial charge is 0.170 e. The third-order valence-electron chi connectivity index (χ3n) is 2.16. The molecule has 2 rings (SSSR count). The fraction of sp³-hybridized carbons (Fsp3) is 0.300. The molecule has 0 aromatic carbocycles. The van der Waals surface area contributed by atoms with Crippen molar-refractivity contribution in [3.8, 4) is 0 Å². The van der Waals surface area contributed by atoms with Gasteiger partial charge in [0, 0.05) is 11.6 Å². The molecule has 72 valence electrons. The molecular weight excluding hydrogens is 181 g/mol. The normalized spacial score (nSPS) is 10.9. The summed E-state index contributed by atoms with van der Waals surface area (Å²) in [6.45, 7) is 5.21. The van der Waals surface area contributed by atoms with Crippen LogP contribution in [0.15, 0.2) is 6.20 Å². The van der Waals surface area contributed by atoms with E-state index in [1.807, 2.05) is 6.92 Å². The van der Waals surface area contributed by atoms with Crippen molar-refractivity contribution in [2.24, 2.45) is 0 Å². The van der Waals surface area contributed by atoms with Gasteiger partial charge < -0.3 is 0 Å². The van der Waals surface area contributed by atoms with E-state index in [0.717, 1.165) is 5.69 Å². The highest BCUT2D eigenvalue weighted by Gasteiger charge is 2.09. The Morgan fingerprint density at radius 1 is 1.07 bits per heavy atom. The summed E-state index contributed by atoms with van der Waals surface area (Å²) >= 11 is 0. The summed E-state index contributed by atoms with van der Waals surface area (Å²) in [5.41, 5.74) is 1.50. The molecule has 0 saturated heterocycles. The molecule has 14 heavy (non-hydrogen) atoms. The Labute approximate surface area is 81.0 Å². The summed E-state index contributed by atoms with van der Waals surface area (Å²) in [4.78, 5) is 12.2. The molecule has 2 aromatic heterocycles. The molecule has 2 aromatic rings. The van der Waals surface area contributed by atoms with Gasteiger partial charge in [-0.1, -0.05) is 0 Å². The molecule has 0 N–H and O–H groups in total. The van der Waals surface area contributed by atoms with Crippen molar-refractivity contribution in [2.45, 2.75) is 20.8 Å². The topological polar surface area (TPSA) is 38.7 Å². The molecule has 0 aliphatic heterocycles. The minimum Gasteiger partial charge on any atom is -0.258 e. The summed E-state index contributed by atoms with van der Waals surface area (Å²) in [6.07, 6.45) is 1.61. The Hall–Kier alpha value is -1.58. The van der Waals surface area contributed by atoms with Gasteiger partial charge in [0.15, 0.2) is 5.82 Å². The molecule has 4 heteroatoms. The van der Waals surface area contributed by atoms with Crippen LogP contribution in [0.25, 0.3) is 10.9 Å². The number of aromatic nitrogens is 3. The molecule has 0 aliphatic carbocycles. The average Bonchev–Trinajstić information content (AvgIpc) is 2.12. The average molecular weight is 191 g/mol. The van der Waals surface area contributed by atoms with Crippen LogP contribution in [-0.2, 0) is 0 Å². The Balaban J connectivity index is 2.95. The van der Waals surface area contributed by atoms with Gasteiger partial charge in [-0.15, -0.1) is 0 Å². The molecule has 0 bridgehead atoms. The summed E-state index contributed by atoms with van der Waals surface area (Å²) in [6, 6.07) is 0. The SMILES string of the molecule is Cc1nc(C)c2cnc(C)c(F)c2n1. The van der Waals surface area contributed by atoms with Crippen LogP contribution < -0.4 is 0 Å². The molecule has 0 aliphatic rings. The maximum Gasteiger partial charge on any atom is 0.170 e. The predicted octanol–water partition coefficient (Wildman–Crippen LogP) is 2.09. The number of nitrogens with zero attached hydrogens (tertiary/aromatic N) is 3. The highest BCUT2D eigenvalue weighted by Crippen LogP contribution is 2.18. The fourth-order valence-corrected chi connectivity index (χ4v) is 1.43. The Kier molecular flexibility index (Phi) is 1.91.